The summed E-state index contributed by atoms with van der Waals surface area (Å²) in [4.78, 5) is 17.4. The second kappa shape index (κ2) is 12.1. The quantitative estimate of drug-likeness (QED) is 0.301. The Kier molecular flexibility index (Phi) is 11.4. The van der Waals surface area contributed by atoms with E-state index in [0.717, 1.165) is 6.42 Å². The summed E-state index contributed by atoms with van der Waals surface area (Å²) in [5, 5.41) is 6.28. The number of sulfone groups is 1. The van der Waals surface area contributed by atoms with Crippen LogP contribution in [-0.4, -0.2) is 83.6 Å². The van der Waals surface area contributed by atoms with E-state index in [-0.39, 0.29) is 24.2 Å². The van der Waals surface area contributed by atoms with Gasteiger partial charge in [0.05, 0.1) is 5.75 Å². The topological polar surface area (TPSA) is 100 Å². The fourth-order valence-corrected chi connectivity index (χ4v) is 2.44. The van der Waals surface area contributed by atoms with Gasteiger partial charge < -0.3 is 20.3 Å². The molecule has 0 aromatic rings. The number of hydrogen-bond donors (Lipinski definition) is 2. The van der Waals surface area contributed by atoms with E-state index in [9.17, 15) is 13.2 Å². The molecule has 0 saturated heterocycles. The minimum Gasteiger partial charge on any atom is -0.382 e. The SMILES string of the molecule is CCOCCCNC(=NCC(=O)N(C)C)NC(C)CCS(C)(=O)=O. The van der Waals surface area contributed by atoms with E-state index >= 15 is 0 Å². The number of nitrogens with zero attached hydrogens (tertiary/aromatic N) is 2. The van der Waals surface area contributed by atoms with E-state index in [0.29, 0.717) is 32.1 Å². The molecule has 0 saturated carbocycles. The standard InChI is InChI=1S/C15H32N4O4S/c1-6-23-10-7-9-16-15(17-12-14(20)19(3)4)18-13(2)8-11-24(5,21)22/h13H,6-12H2,1-5H3,(H2,16,17,18). The fourth-order valence-electron chi connectivity index (χ4n) is 1.66. The molecule has 0 spiro atoms. The molecule has 2 N–H and O–H groups in total. The molecule has 142 valence electrons. The molecule has 0 bridgehead atoms. The van der Waals surface area contributed by atoms with E-state index in [4.69, 9.17) is 4.74 Å². The van der Waals surface area contributed by atoms with Crippen molar-refractivity contribution in [2.24, 2.45) is 4.99 Å². The van der Waals surface area contributed by atoms with Crippen molar-refractivity contribution in [3.63, 3.8) is 0 Å². The van der Waals surface area contributed by atoms with Crippen molar-refractivity contribution in [2.45, 2.75) is 32.7 Å². The molecule has 0 aromatic heterocycles. The fraction of sp³-hybridized carbons (Fsp3) is 0.867. The lowest BCUT2D eigenvalue weighted by molar-refractivity contribution is -0.127. The lowest BCUT2D eigenvalue weighted by Crippen LogP contribution is -2.44. The van der Waals surface area contributed by atoms with Gasteiger partial charge in [-0.05, 0) is 26.7 Å². The molecule has 0 aliphatic rings. The predicted molar refractivity (Wildman–Crippen MR) is 97.0 cm³/mol. The third kappa shape index (κ3) is 13.1. The van der Waals surface area contributed by atoms with Gasteiger partial charge in [0.2, 0.25) is 5.91 Å². The summed E-state index contributed by atoms with van der Waals surface area (Å²) in [5.41, 5.74) is 0. The highest BCUT2D eigenvalue weighted by Gasteiger charge is 2.10. The van der Waals surface area contributed by atoms with Crippen molar-refractivity contribution in [2.75, 3.05) is 52.4 Å². The Morgan fingerprint density at radius 2 is 2.00 bits per heavy atom. The summed E-state index contributed by atoms with van der Waals surface area (Å²) in [6.45, 7) is 5.85. The normalized spacial score (nSPS) is 13.5. The molecule has 0 radical (unpaired) electrons. The Balaban J connectivity index is 4.54. The summed E-state index contributed by atoms with van der Waals surface area (Å²) in [5.74, 6) is 0.506. The molecule has 1 unspecified atom stereocenters. The van der Waals surface area contributed by atoms with Crippen LogP contribution in [0.25, 0.3) is 0 Å². The van der Waals surface area contributed by atoms with Crippen LogP contribution in [0.4, 0.5) is 0 Å². The van der Waals surface area contributed by atoms with E-state index in [1.54, 1.807) is 14.1 Å². The number of amides is 1. The number of nitrogens with one attached hydrogen (secondary N) is 2. The van der Waals surface area contributed by atoms with E-state index in [2.05, 4.69) is 15.6 Å². The minimum atomic E-state index is -3.00. The van der Waals surface area contributed by atoms with Crippen molar-refractivity contribution < 1.29 is 17.9 Å². The number of ether oxygens (including phenoxy) is 1. The van der Waals surface area contributed by atoms with Crippen LogP contribution in [0.2, 0.25) is 0 Å². The molecule has 8 nitrogen and oxygen atoms in total. The van der Waals surface area contributed by atoms with Crippen molar-refractivity contribution in [3.05, 3.63) is 0 Å². The number of carbonyl (C=O) groups is 1. The summed E-state index contributed by atoms with van der Waals surface area (Å²) < 4.78 is 27.8. The highest BCUT2D eigenvalue weighted by atomic mass is 32.2. The molecule has 1 amide bonds. The van der Waals surface area contributed by atoms with Gasteiger partial charge in [0.25, 0.3) is 0 Å². The monoisotopic (exact) mass is 364 g/mol. The third-order valence-electron chi connectivity index (χ3n) is 3.14. The van der Waals surface area contributed by atoms with Gasteiger partial charge in [-0.3, -0.25) is 4.79 Å². The molecular formula is C15H32N4O4S. The first-order chi connectivity index (χ1) is 11.2. The third-order valence-corrected chi connectivity index (χ3v) is 4.12. The van der Waals surface area contributed by atoms with Gasteiger partial charge in [0.15, 0.2) is 5.96 Å². The zero-order valence-electron chi connectivity index (χ0n) is 15.5. The van der Waals surface area contributed by atoms with Crippen molar-refractivity contribution in [1.29, 1.82) is 0 Å². The molecule has 1 atom stereocenters. The Morgan fingerprint density at radius 3 is 2.54 bits per heavy atom. The Labute approximate surface area is 146 Å². The average Bonchev–Trinajstić information content (AvgIpc) is 2.48. The molecule has 0 heterocycles. The van der Waals surface area contributed by atoms with Gasteiger partial charge in [-0.2, -0.15) is 0 Å². The van der Waals surface area contributed by atoms with E-state index in [1.807, 2.05) is 13.8 Å². The van der Waals surface area contributed by atoms with Gasteiger partial charge in [0.1, 0.15) is 16.4 Å². The number of hydrogen-bond acceptors (Lipinski definition) is 5. The first kappa shape index (κ1) is 22.6. The number of rotatable bonds is 11. The Morgan fingerprint density at radius 1 is 1.33 bits per heavy atom. The van der Waals surface area contributed by atoms with Crippen LogP contribution < -0.4 is 10.6 Å². The maximum absolute atomic E-state index is 11.7. The zero-order valence-corrected chi connectivity index (χ0v) is 16.3. The van der Waals surface area contributed by atoms with Crippen LogP contribution in [0.1, 0.15) is 26.7 Å². The molecule has 9 heteroatoms. The maximum Gasteiger partial charge on any atom is 0.243 e. The van der Waals surface area contributed by atoms with Crippen molar-refractivity contribution >= 4 is 21.7 Å². The lowest BCUT2D eigenvalue weighted by atomic mass is 10.3. The highest BCUT2D eigenvalue weighted by Crippen LogP contribution is 1.96. The van der Waals surface area contributed by atoms with E-state index < -0.39 is 9.84 Å². The lowest BCUT2D eigenvalue weighted by Gasteiger charge is -2.18. The number of guanidine groups is 1. The summed E-state index contributed by atoms with van der Waals surface area (Å²) in [7, 11) is 0.355. The van der Waals surface area contributed by atoms with E-state index in [1.165, 1.54) is 11.2 Å². The molecular weight excluding hydrogens is 332 g/mol. The summed E-state index contributed by atoms with van der Waals surface area (Å²) in [6, 6.07) is -0.0766. The number of likely N-dealkylation sites (N-methyl/N-ethyl adjacent to an activating group) is 1. The van der Waals surface area contributed by atoms with Crippen molar-refractivity contribution in [3.8, 4) is 0 Å². The molecule has 0 aliphatic heterocycles. The van der Waals surface area contributed by atoms with Crippen LogP contribution >= 0.6 is 0 Å². The first-order valence-corrected chi connectivity index (χ1v) is 10.2. The summed E-state index contributed by atoms with van der Waals surface area (Å²) in [6.07, 6.45) is 2.50. The van der Waals surface area contributed by atoms with Crippen LogP contribution in [0.15, 0.2) is 4.99 Å². The van der Waals surface area contributed by atoms with Crippen molar-refractivity contribution in [1.82, 2.24) is 15.5 Å². The smallest absolute Gasteiger partial charge is 0.243 e. The second-order valence-electron chi connectivity index (χ2n) is 5.89. The number of carbonyl (C=O) groups excluding carboxylic acids is 1. The molecule has 0 rings (SSSR count). The molecule has 24 heavy (non-hydrogen) atoms. The largest absolute Gasteiger partial charge is 0.382 e. The second-order valence-corrected chi connectivity index (χ2v) is 8.15. The summed E-state index contributed by atoms with van der Waals surface area (Å²) >= 11 is 0. The molecule has 0 aliphatic carbocycles. The Hall–Kier alpha value is -1.35. The molecule has 0 aromatic carbocycles. The van der Waals surface area contributed by atoms with Crippen LogP contribution in [0.3, 0.4) is 0 Å². The van der Waals surface area contributed by atoms with Gasteiger partial charge >= 0.3 is 0 Å². The Bertz CT molecular complexity index is 492. The highest BCUT2D eigenvalue weighted by molar-refractivity contribution is 7.90. The van der Waals surface area contributed by atoms with Crippen LogP contribution in [-0.2, 0) is 19.4 Å². The van der Waals surface area contributed by atoms with Gasteiger partial charge in [-0.1, -0.05) is 0 Å². The predicted octanol–water partition coefficient (Wildman–Crippen LogP) is -0.140. The van der Waals surface area contributed by atoms with Gasteiger partial charge in [0, 0.05) is 46.2 Å². The van der Waals surface area contributed by atoms with Gasteiger partial charge in [-0.15, -0.1) is 0 Å². The minimum absolute atomic E-state index is 0.0343. The van der Waals surface area contributed by atoms with Crippen LogP contribution in [0, 0.1) is 0 Å². The van der Waals surface area contributed by atoms with Crippen LogP contribution in [0.5, 0.6) is 0 Å². The average molecular weight is 365 g/mol. The van der Waals surface area contributed by atoms with Gasteiger partial charge in [-0.25, -0.2) is 13.4 Å². The number of aliphatic imine (C=N–C) groups is 1. The maximum atomic E-state index is 11.7. The molecule has 0 fully saturated rings. The first-order valence-electron chi connectivity index (χ1n) is 8.16. The zero-order chi connectivity index (χ0) is 18.6.